The van der Waals surface area contributed by atoms with Gasteiger partial charge in [0, 0.05) is 11.6 Å². The number of carbonyl (C=O) groups is 1. The van der Waals surface area contributed by atoms with Crippen LogP contribution in [0.4, 0.5) is 4.79 Å². The molecular weight excluding hydrogens is 252 g/mol. The minimum absolute atomic E-state index is 0.124. The van der Waals surface area contributed by atoms with Crippen molar-refractivity contribution in [2.24, 2.45) is 5.92 Å². The molecule has 0 bridgehead atoms. The number of nitrogens with one attached hydrogen (secondary N) is 2. The normalized spacial score (nSPS) is 14.1. The van der Waals surface area contributed by atoms with E-state index in [0.29, 0.717) is 24.1 Å². The Hall–Kier alpha value is -1.42. The van der Waals surface area contributed by atoms with Crippen LogP contribution in [0, 0.1) is 5.92 Å². The lowest BCUT2D eigenvalue weighted by Crippen LogP contribution is -2.38. The molecule has 98 valence electrons. The molecule has 0 heterocycles. The first kappa shape index (κ1) is 13.0. The third kappa shape index (κ3) is 4.84. The Morgan fingerprint density at radius 3 is 2.67 bits per heavy atom. The fraction of sp³-hybridized carbons (Fsp3) is 0.462. The van der Waals surface area contributed by atoms with Crippen molar-refractivity contribution in [3.63, 3.8) is 0 Å². The van der Waals surface area contributed by atoms with E-state index in [1.54, 1.807) is 24.3 Å². The molecule has 5 heteroatoms. The van der Waals surface area contributed by atoms with Crippen molar-refractivity contribution < 1.29 is 9.53 Å². The van der Waals surface area contributed by atoms with Crippen molar-refractivity contribution in [1.29, 1.82) is 0 Å². The summed E-state index contributed by atoms with van der Waals surface area (Å²) in [7, 11) is 0. The zero-order valence-electron chi connectivity index (χ0n) is 10.1. The Bertz CT molecular complexity index is 390. The second-order valence-corrected chi connectivity index (χ2v) is 4.82. The molecule has 0 unspecified atom stereocenters. The number of halogens is 1. The van der Waals surface area contributed by atoms with Crippen molar-refractivity contribution in [2.45, 2.75) is 12.8 Å². The maximum Gasteiger partial charge on any atom is 0.314 e. The van der Waals surface area contributed by atoms with Crippen LogP contribution < -0.4 is 15.4 Å². The van der Waals surface area contributed by atoms with E-state index < -0.39 is 0 Å². The van der Waals surface area contributed by atoms with E-state index in [4.69, 9.17) is 16.3 Å². The van der Waals surface area contributed by atoms with Gasteiger partial charge < -0.3 is 15.4 Å². The molecule has 1 aliphatic carbocycles. The first-order valence-corrected chi connectivity index (χ1v) is 6.52. The number of hydrogen-bond acceptors (Lipinski definition) is 2. The number of amides is 2. The van der Waals surface area contributed by atoms with E-state index in [2.05, 4.69) is 10.6 Å². The molecule has 18 heavy (non-hydrogen) atoms. The SMILES string of the molecule is O=C(NCCOc1ccc(Cl)cc1)NCC1CC1. The van der Waals surface area contributed by atoms with Crippen molar-refractivity contribution in [1.82, 2.24) is 10.6 Å². The number of urea groups is 1. The molecule has 1 aromatic carbocycles. The van der Waals surface area contributed by atoms with Gasteiger partial charge in [-0.3, -0.25) is 0 Å². The second kappa shape index (κ2) is 6.50. The zero-order valence-corrected chi connectivity index (χ0v) is 10.9. The lowest BCUT2D eigenvalue weighted by molar-refractivity contribution is 0.236. The molecule has 2 amide bonds. The maximum atomic E-state index is 11.3. The summed E-state index contributed by atoms with van der Waals surface area (Å²) < 4.78 is 5.45. The summed E-state index contributed by atoms with van der Waals surface area (Å²) in [4.78, 5) is 11.3. The van der Waals surface area contributed by atoms with E-state index in [1.165, 1.54) is 12.8 Å². The average Bonchev–Trinajstić information content (AvgIpc) is 3.18. The van der Waals surface area contributed by atoms with E-state index in [1.807, 2.05) is 0 Å². The Morgan fingerprint density at radius 2 is 2.00 bits per heavy atom. The Morgan fingerprint density at radius 1 is 1.28 bits per heavy atom. The van der Waals surface area contributed by atoms with E-state index in [-0.39, 0.29) is 6.03 Å². The minimum atomic E-state index is -0.124. The smallest absolute Gasteiger partial charge is 0.314 e. The van der Waals surface area contributed by atoms with E-state index >= 15 is 0 Å². The van der Waals surface area contributed by atoms with Gasteiger partial charge in [-0.2, -0.15) is 0 Å². The molecule has 0 atom stereocenters. The fourth-order valence-electron chi connectivity index (χ4n) is 1.49. The number of rotatable bonds is 6. The van der Waals surface area contributed by atoms with Crippen LogP contribution in [-0.4, -0.2) is 25.7 Å². The largest absolute Gasteiger partial charge is 0.492 e. The summed E-state index contributed by atoms with van der Waals surface area (Å²) >= 11 is 5.76. The van der Waals surface area contributed by atoms with Crippen molar-refractivity contribution >= 4 is 17.6 Å². The predicted molar refractivity (Wildman–Crippen MR) is 71.1 cm³/mol. The highest BCUT2D eigenvalue weighted by Crippen LogP contribution is 2.27. The maximum absolute atomic E-state index is 11.3. The third-order valence-corrected chi connectivity index (χ3v) is 2.97. The van der Waals surface area contributed by atoms with E-state index in [9.17, 15) is 4.79 Å². The Labute approximate surface area is 112 Å². The molecule has 0 aliphatic heterocycles. The highest BCUT2D eigenvalue weighted by molar-refractivity contribution is 6.30. The summed E-state index contributed by atoms with van der Waals surface area (Å²) in [6.45, 7) is 1.71. The Kier molecular flexibility index (Phi) is 4.70. The lowest BCUT2D eigenvalue weighted by atomic mass is 10.3. The van der Waals surface area contributed by atoms with Gasteiger partial charge in [0.25, 0.3) is 0 Å². The van der Waals surface area contributed by atoms with Gasteiger partial charge >= 0.3 is 6.03 Å². The molecule has 0 radical (unpaired) electrons. The van der Waals surface area contributed by atoms with Gasteiger partial charge in [-0.25, -0.2) is 4.79 Å². The van der Waals surface area contributed by atoms with Gasteiger partial charge in [-0.05, 0) is 43.0 Å². The molecular formula is C13H17ClN2O2. The molecule has 2 rings (SSSR count). The van der Waals surface area contributed by atoms with Gasteiger partial charge in [0.15, 0.2) is 0 Å². The van der Waals surface area contributed by atoms with Gasteiger partial charge in [0.2, 0.25) is 0 Å². The monoisotopic (exact) mass is 268 g/mol. The molecule has 0 spiro atoms. The van der Waals surface area contributed by atoms with Crippen LogP contribution in [0.15, 0.2) is 24.3 Å². The summed E-state index contributed by atoms with van der Waals surface area (Å²) in [6, 6.07) is 7.02. The first-order valence-electron chi connectivity index (χ1n) is 6.14. The van der Waals surface area contributed by atoms with Crippen molar-refractivity contribution in [2.75, 3.05) is 19.7 Å². The van der Waals surface area contributed by atoms with Crippen LogP contribution in [0.3, 0.4) is 0 Å². The molecule has 1 aromatic rings. The highest BCUT2D eigenvalue weighted by Gasteiger charge is 2.21. The van der Waals surface area contributed by atoms with Crippen LogP contribution in [0.1, 0.15) is 12.8 Å². The van der Waals surface area contributed by atoms with Gasteiger partial charge in [-0.15, -0.1) is 0 Å². The number of carbonyl (C=O) groups excluding carboxylic acids is 1. The van der Waals surface area contributed by atoms with Crippen LogP contribution in [0.25, 0.3) is 0 Å². The number of benzene rings is 1. The zero-order chi connectivity index (χ0) is 12.8. The van der Waals surface area contributed by atoms with Gasteiger partial charge in [0.1, 0.15) is 12.4 Å². The lowest BCUT2D eigenvalue weighted by Gasteiger charge is -2.08. The summed E-state index contributed by atoms with van der Waals surface area (Å²) in [5, 5.41) is 6.25. The third-order valence-electron chi connectivity index (χ3n) is 2.72. The summed E-state index contributed by atoms with van der Waals surface area (Å²) in [6.07, 6.45) is 2.47. The molecule has 1 fully saturated rings. The molecule has 1 saturated carbocycles. The van der Waals surface area contributed by atoms with Crippen molar-refractivity contribution in [3.8, 4) is 5.75 Å². The van der Waals surface area contributed by atoms with Crippen LogP contribution >= 0.6 is 11.6 Å². The van der Waals surface area contributed by atoms with Crippen LogP contribution in [-0.2, 0) is 0 Å². The minimum Gasteiger partial charge on any atom is -0.492 e. The second-order valence-electron chi connectivity index (χ2n) is 4.38. The van der Waals surface area contributed by atoms with Crippen LogP contribution in [0.5, 0.6) is 5.75 Å². The molecule has 1 aliphatic rings. The van der Waals surface area contributed by atoms with Gasteiger partial charge in [0.05, 0.1) is 6.54 Å². The first-order chi connectivity index (χ1) is 8.74. The van der Waals surface area contributed by atoms with Crippen molar-refractivity contribution in [3.05, 3.63) is 29.3 Å². The van der Waals surface area contributed by atoms with Crippen LogP contribution in [0.2, 0.25) is 5.02 Å². The molecule has 0 saturated heterocycles. The van der Waals surface area contributed by atoms with E-state index in [0.717, 1.165) is 12.3 Å². The molecule has 2 N–H and O–H groups in total. The summed E-state index contributed by atoms with van der Waals surface area (Å²) in [5.41, 5.74) is 0. The molecule has 0 aromatic heterocycles. The number of ether oxygens (including phenoxy) is 1. The Balaban J connectivity index is 1.54. The quantitative estimate of drug-likeness (QED) is 0.779. The highest BCUT2D eigenvalue weighted by atomic mass is 35.5. The molecule has 4 nitrogen and oxygen atoms in total. The van der Waals surface area contributed by atoms with Gasteiger partial charge in [-0.1, -0.05) is 11.6 Å². The predicted octanol–water partition coefficient (Wildman–Crippen LogP) is 2.43. The number of hydrogen-bond donors (Lipinski definition) is 2. The summed E-state index contributed by atoms with van der Waals surface area (Å²) in [5.74, 6) is 1.45. The standard InChI is InChI=1S/C13H17ClN2O2/c14-11-3-5-12(6-4-11)18-8-7-15-13(17)16-9-10-1-2-10/h3-6,10H,1-2,7-9H2,(H2,15,16,17). The topological polar surface area (TPSA) is 50.4 Å². The fourth-order valence-corrected chi connectivity index (χ4v) is 1.61. The average molecular weight is 269 g/mol.